The van der Waals surface area contributed by atoms with Gasteiger partial charge in [-0.1, -0.05) is 0 Å². The van der Waals surface area contributed by atoms with Crippen LogP contribution in [0.25, 0.3) is 10.8 Å². The zero-order chi connectivity index (χ0) is 10.8. The van der Waals surface area contributed by atoms with E-state index in [1.807, 2.05) is 18.3 Å². The maximum absolute atomic E-state index is 5.34. The molecule has 78 valence electrons. The molecule has 0 radical (unpaired) electrons. The van der Waals surface area contributed by atoms with Crippen LogP contribution in [-0.4, -0.2) is 19.2 Å². The van der Waals surface area contributed by atoms with Crippen molar-refractivity contribution in [2.45, 2.75) is 0 Å². The summed E-state index contributed by atoms with van der Waals surface area (Å²) in [6.07, 6.45) is 3.62. The van der Waals surface area contributed by atoms with Crippen LogP contribution in [-0.2, 0) is 0 Å². The summed E-state index contributed by atoms with van der Waals surface area (Å²) in [5.41, 5.74) is 0. The molecule has 15 heavy (non-hydrogen) atoms. The van der Waals surface area contributed by atoms with Gasteiger partial charge in [-0.2, -0.15) is 0 Å². The van der Waals surface area contributed by atoms with E-state index in [1.165, 1.54) is 0 Å². The highest BCUT2D eigenvalue weighted by Crippen LogP contribution is 2.36. The number of ether oxygens (including phenoxy) is 2. The minimum Gasteiger partial charge on any atom is -0.493 e. The molecule has 0 fully saturated rings. The molecule has 4 heteroatoms. The predicted molar refractivity (Wildman–Crippen MR) is 67.6 cm³/mol. The Balaban J connectivity index is 2.82. The molecule has 1 aromatic heterocycles. The first kappa shape index (κ1) is 10.5. The Kier molecular flexibility index (Phi) is 2.95. The molecule has 1 aromatic carbocycles. The number of nitrogens with zero attached hydrogens (tertiary/aromatic N) is 1. The Morgan fingerprint density at radius 2 is 1.87 bits per heavy atom. The standard InChI is InChI=1S/C11H10INO2/c1-14-10-4-3-7-8(11(10)15-2)5-13-6-9(7)12/h3-6H,1-2H3. The van der Waals surface area contributed by atoms with Gasteiger partial charge in [0.1, 0.15) is 0 Å². The first-order chi connectivity index (χ1) is 7.27. The predicted octanol–water partition coefficient (Wildman–Crippen LogP) is 2.86. The fourth-order valence-electron chi connectivity index (χ4n) is 1.53. The third-order valence-electron chi connectivity index (χ3n) is 2.23. The van der Waals surface area contributed by atoms with Gasteiger partial charge in [0.15, 0.2) is 11.5 Å². The van der Waals surface area contributed by atoms with Gasteiger partial charge in [-0.15, -0.1) is 0 Å². The largest absolute Gasteiger partial charge is 0.493 e. The summed E-state index contributed by atoms with van der Waals surface area (Å²) in [5, 5.41) is 2.10. The van der Waals surface area contributed by atoms with Gasteiger partial charge in [-0.25, -0.2) is 0 Å². The molecule has 0 spiro atoms. The van der Waals surface area contributed by atoms with Crippen LogP contribution in [0.2, 0.25) is 0 Å². The summed E-state index contributed by atoms with van der Waals surface area (Å²) in [6.45, 7) is 0. The second-order valence-electron chi connectivity index (χ2n) is 3.02. The van der Waals surface area contributed by atoms with E-state index >= 15 is 0 Å². The molecule has 0 amide bonds. The Labute approximate surface area is 102 Å². The van der Waals surface area contributed by atoms with Crippen molar-refractivity contribution in [1.29, 1.82) is 0 Å². The van der Waals surface area contributed by atoms with Gasteiger partial charge < -0.3 is 9.47 Å². The lowest BCUT2D eigenvalue weighted by Crippen LogP contribution is -1.92. The van der Waals surface area contributed by atoms with Crippen molar-refractivity contribution < 1.29 is 9.47 Å². The molecule has 0 atom stereocenters. The van der Waals surface area contributed by atoms with Crippen molar-refractivity contribution >= 4 is 33.4 Å². The number of aromatic nitrogens is 1. The summed E-state index contributed by atoms with van der Waals surface area (Å²) in [5.74, 6) is 1.47. The molecule has 3 nitrogen and oxygen atoms in total. The third-order valence-corrected chi connectivity index (χ3v) is 3.09. The molecule has 0 N–H and O–H groups in total. The molecule has 0 bridgehead atoms. The Morgan fingerprint density at radius 3 is 2.53 bits per heavy atom. The Morgan fingerprint density at radius 1 is 1.07 bits per heavy atom. The van der Waals surface area contributed by atoms with Crippen LogP contribution in [0.3, 0.4) is 0 Å². The first-order valence-electron chi connectivity index (χ1n) is 4.42. The monoisotopic (exact) mass is 315 g/mol. The molecule has 0 saturated carbocycles. The lowest BCUT2D eigenvalue weighted by atomic mass is 10.1. The maximum Gasteiger partial charge on any atom is 0.170 e. The van der Waals surface area contributed by atoms with E-state index in [2.05, 4.69) is 27.6 Å². The number of benzene rings is 1. The molecule has 0 unspecified atom stereocenters. The second kappa shape index (κ2) is 4.22. The topological polar surface area (TPSA) is 31.4 Å². The normalized spacial score (nSPS) is 10.3. The van der Waals surface area contributed by atoms with Crippen molar-refractivity contribution in [2.75, 3.05) is 14.2 Å². The van der Waals surface area contributed by atoms with Crippen LogP contribution in [0.1, 0.15) is 0 Å². The first-order valence-corrected chi connectivity index (χ1v) is 5.50. The summed E-state index contributed by atoms with van der Waals surface area (Å²) in [6, 6.07) is 3.92. The van der Waals surface area contributed by atoms with Crippen LogP contribution < -0.4 is 9.47 Å². The van der Waals surface area contributed by atoms with Crippen molar-refractivity contribution in [2.24, 2.45) is 0 Å². The molecular formula is C11H10INO2. The average molecular weight is 315 g/mol. The van der Waals surface area contributed by atoms with Crippen molar-refractivity contribution in [3.63, 3.8) is 0 Å². The second-order valence-corrected chi connectivity index (χ2v) is 4.18. The van der Waals surface area contributed by atoms with Crippen molar-refractivity contribution in [3.8, 4) is 11.5 Å². The van der Waals surface area contributed by atoms with E-state index in [9.17, 15) is 0 Å². The lowest BCUT2D eigenvalue weighted by molar-refractivity contribution is 0.358. The number of rotatable bonds is 2. The summed E-state index contributed by atoms with van der Waals surface area (Å²) in [4.78, 5) is 4.15. The van der Waals surface area contributed by atoms with Crippen molar-refractivity contribution in [3.05, 3.63) is 28.1 Å². The number of methoxy groups -OCH3 is 2. The van der Waals surface area contributed by atoms with E-state index in [4.69, 9.17) is 9.47 Å². The van der Waals surface area contributed by atoms with Crippen LogP contribution in [0, 0.1) is 3.57 Å². The van der Waals surface area contributed by atoms with E-state index in [1.54, 1.807) is 20.4 Å². The van der Waals surface area contributed by atoms with Crippen LogP contribution in [0.5, 0.6) is 11.5 Å². The van der Waals surface area contributed by atoms with Gasteiger partial charge in [0, 0.05) is 26.7 Å². The maximum atomic E-state index is 5.34. The molecule has 0 aliphatic rings. The highest BCUT2D eigenvalue weighted by atomic mass is 127. The molecule has 0 saturated heterocycles. The van der Waals surface area contributed by atoms with E-state index in [-0.39, 0.29) is 0 Å². The van der Waals surface area contributed by atoms with E-state index < -0.39 is 0 Å². The summed E-state index contributed by atoms with van der Waals surface area (Å²) >= 11 is 2.26. The zero-order valence-electron chi connectivity index (χ0n) is 8.45. The number of fused-ring (bicyclic) bond motifs is 1. The van der Waals surface area contributed by atoms with E-state index in [0.717, 1.165) is 25.8 Å². The minimum atomic E-state index is 0.730. The van der Waals surface area contributed by atoms with Crippen LogP contribution in [0.15, 0.2) is 24.5 Å². The van der Waals surface area contributed by atoms with Crippen LogP contribution in [0.4, 0.5) is 0 Å². The van der Waals surface area contributed by atoms with Gasteiger partial charge in [-0.05, 0) is 34.7 Å². The fourth-order valence-corrected chi connectivity index (χ4v) is 2.17. The lowest BCUT2D eigenvalue weighted by Gasteiger charge is -2.10. The molecule has 0 aliphatic heterocycles. The quantitative estimate of drug-likeness (QED) is 0.799. The van der Waals surface area contributed by atoms with E-state index in [0.29, 0.717) is 0 Å². The SMILES string of the molecule is COc1ccc2c(I)cncc2c1OC. The van der Waals surface area contributed by atoms with Crippen molar-refractivity contribution in [1.82, 2.24) is 4.98 Å². The zero-order valence-corrected chi connectivity index (χ0v) is 10.6. The molecule has 2 rings (SSSR count). The number of pyridine rings is 1. The molecular weight excluding hydrogens is 305 g/mol. The number of hydrogen-bond acceptors (Lipinski definition) is 3. The number of halogens is 1. The van der Waals surface area contributed by atoms with Crippen LogP contribution >= 0.6 is 22.6 Å². The third kappa shape index (κ3) is 1.73. The highest BCUT2D eigenvalue weighted by molar-refractivity contribution is 14.1. The smallest absolute Gasteiger partial charge is 0.170 e. The van der Waals surface area contributed by atoms with Gasteiger partial charge in [0.25, 0.3) is 0 Å². The molecule has 2 aromatic rings. The highest BCUT2D eigenvalue weighted by Gasteiger charge is 2.10. The van der Waals surface area contributed by atoms with Gasteiger partial charge in [0.2, 0.25) is 0 Å². The Hall–Kier alpha value is -1.04. The van der Waals surface area contributed by atoms with Gasteiger partial charge in [-0.3, -0.25) is 4.98 Å². The minimum absolute atomic E-state index is 0.730. The Bertz CT molecular complexity index is 499. The fraction of sp³-hybridized carbons (Fsp3) is 0.182. The summed E-state index contributed by atoms with van der Waals surface area (Å²) in [7, 11) is 3.27. The van der Waals surface area contributed by atoms with Gasteiger partial charge >= 0.3 is 0 Å². The summed E-state index contributed by atoms with van der Waals surface area (Å²) < 4.78 is 11.7. The molecule has 1 heterocycles. The molecule has 0 aliphatic carbocycles. The van der Waals surface area contributed by atoms with Gasteiger partial charge in [0.05, 0.1) is 14.2 Å². The average Bonchev–Trinajstić information content (AvgIpc) is 2.28. The number of hydrogen-bond donors (Lipinski definition) is 0.